The zero-order chi connectivity index (χ0) is 14.0. The Hall–Kier alpha value is -2.02. The number of benzene rings is 1. The average Bonchev–Trinajstić information content (AvgIpc) is 2.79. The van der Waals surface area contributed by atoms with Gasteiger partial charge in [0.05, 0.1) is 23.9 Å². The fourth-order valence-corrected chi connectivity index (χ4v) is 3.45. The van der Waals surface area contributed by atoms with Crippen LogP contribution in [-0.2, 0) is 10.0 Å². The van der Waals surface area contributed by atoms with E-state index < -0.39 is 10.0 Å². The molecule has 7 heteroatoms. The van der Waals surface area contributed by atoms with Crippen molar-refractivity contribution >= 4 is 15.7 Å². The Labute approximate surface area is 111 Å². The van der Waals surface area contributed by atoms with Gasteiger partial charge in [0, 0.05) is 6.20 Å². The van der Waals surface area contributed by atoms with Crippen LogP contribution < -0.4 is 9.46 Å². The summed E-state index contributed by atoms with van der Waals surface area (Å²) in [5.41, 5.74) is 1.66. The molecule has 0 aliphatic heterocycles. The summed E-state index contributed by atoms with van der Waals surface area (Å²) >= 11 is 0. The lowest BCUT2D eigenvalue weighted by atomic mass is 10.1. The highest BCUT2D eigenvalue weighted by molar-refractivity contribution is 7.92. The topological polar surface area (TPSA) is 84.1 Å². The van der Waals surface area contributed by atoms with Crippen molar-refractivity contribution in [2.45, 2.75) is 18.7 Å². The van der Waals surface area contributed by atoms with Gasteiger partial charge in [0.25, 0.3) is 10.0 Å². The molecular formula is C12H15N3O3S. The van der Waals surface area contributed by atoms with Gasteiger partial charge in [0.2, 0.25) is 0 Å². The molecule has 0 fully saturated rings. The zero-order valence-electron chi connectivity index (χ0n) is 10.9. The van der Waals surface area contributed by atoms with Crippen LogP contribution in [0.3, 0.4) is 0 Å². The first-order chi connectivity index (χ1) is 8.94. The zero-order valence-corrected chi connectivity index (χ0v) is 11.7. The molecule has 0 spiro atoms. The third kappa shape index (κ3) is 2.70. The molecule has 1 aromatic heterocycles. The number of nitrogens with one attached hydrogen (secondary N) is 2. The molecule has 1 heterocycles. The SMILES string of the molecule is COc1cc(C)c(S(=O)(=O)Nc2cn[nH]c2)c(C)c1. The molecule has 0 aliphatic rings. The monoisotopic (exact) mass is 281 g/mol. The van der Waals surface area contributed by atoms with Gasteiger partial charge < -0.3 is 4.74 Å². The Bertz CT molecular complexity index is 655. The van der Waals surface area contributed by atoms with E-state index in [2.05, 4.69) is 14.9 Å². The smallest absolute Gasteiger partial charge is 0.262 e. The second-order valence-electron chi connectivity index (χ2n) is 4.18. The van der Waals surface area contributed by atoms with Crippen LogP contribution in [0.5, 0.6) is 5.75 Å². The van der Waals surface area contributed by atoms with E-state index in [1.807, 2.05) is 0 Å². The Morgan fingerprint density at radius 2 is 1.89 bits per heavy atom. The van der Waals surface area contributed by atoms with Gasteiger partial charge >= 0.3 is 0 Å². The summed E-state index contributed by atoms with van der Waals surface area (Å²) in [6.45, 7) is 3.47. The van der Waals surface area contributed by atoms with E-state index in [9.17, 15) is 8.42 Å². The van der Waals surface area contributed by atoms with Crippen LogP contribution in [0.4, 0.5) is 5.69 Å². The predicted octanol–water partition coefficient (Wildman–Crippen LogP) is 1.84. The molecule has 6 nitrogen and oxygen atoms in total. The predicted molar refractivity (Wildman–Crippen MR) is 71.9 cm³/mol. The molecule has 19 heavy (non-hydrogen) atoms. The van der Waals surface area contributed by atoms with Crippen molar-refractivity contribution in [3.63, 3.8) is 0 Å². The van der Waals surface area contributed by atoms with Gasteiger partial charge in [0.1, 0.15) is 5.75 Å². The molecule has 0 unspecified atom stereocenters. The number of sulfonamides is 1. The number of hydrogen-bond donors (Lipinski definition) is 2. The first-order valence-electron chi connectivity index (χ1n) is 5.61. The molecule has 0 saturated carbocycles. The van der Waals surface area contributed by atoms with E-state index >= 15 is 0 Å². The van der Waals surface area contributed by atoms with Crippen molar-refractivity contribution < 1.29 is 13.2 Å². The van der Waals surface area contributed by atoms with Crippen molar-refractivity contribution in [3.05, 3.63) is 35.7 Å². The molecule has 2 aromatic rings. The van der Waals surface area contributed by atoms with Gasteiger partial charge in [-0.1, -0.05) is 0 Å². The van der Waals surface area contributed by atoms with Gasteiger partial charge in [-0.3, -0.25) is 9.82 Å². The molecule has 0 saturated heterocycles. The maximum atomic E-state index is 12.3. The third-order valence-corrected chi connectivity index (χ3v) is 4.37. The third-order valence-electron chi connectivity index (χ3n) is 2.69. The number of methoxy groups -OCH3 is 1. The van der Waals surface area contributed by atoms with Crippen molar-refractivity contribution in [2.75, 3.05) is 11.8 Å². The summed E-state index contributed by atoms with van der Waals surface area (Å²) in [6, 6.07) is 3.38. The lowest BCUT2D eigenvalue weighted by molar-refractivity contribution is 0.413. The van der Waals surface area contributed by atoms with E-state index in [1.165, 1.54) is 12.4 Å². The van der Waals surface area contributed by atoms with Crippen LogP contribution in [0.1, 0.15) is 11.1 Å². The van der Waals surface area contributed by atoms with E-state index in [-0.39, 0.29) is 4.90 Å². The Balaban J connectivity index is 2.46. The molecule has 0 radical (unpaired) electrons. The quantitative estimate of drug-likeness (QED) is 0.895. The molecule has 0 amide bonds. The fourth-order valence-electron chi connectivity index (χ4n) is 1.97. The minimum absolute atomic E-state index is 0.259. The van der Waals surface area contributed by atoms with Crippen LogP contribution in [-0.4, -0.2) is 25.7 Å². The summed E-state index contributed by atoms with van der Waals surface area (Å²) in [6.07, 6.45) is 2.89. The summed E-state index contributed by atoms with van der Waals surface area (Å²) in [4.78, 5) is 0.259. The summed E-state index contributed by atoms with van der Waals surface area (Å²) in [5, 5.41) is 6.25. The summed E-state index contributed by atoms with van der Waals surface area (Å²) in [7, 11) is -2.09. The number of aromatic amines is 1. The van der Waals surface area contributed by atoms with Gasteiger partial charge in [0.15, 0.2) is 0 Å². The molecule has 2 rings (SSSR count). The number of rotatable bonds is 4. The number of ether oxygens (including phenoxy) is 1. The number of H-pyrrole nitrogens is 1. The van der Waals surface area contributed by atoms with Crippen LogP contribution in [0.25, 0.3) is 0 Å². The second-order valence-corrected chi connectivity index (χ2v) is 5.80. The van der Waals surface area contributed by atoms with Crippen molar-refractivity contribution in [1.29, 1.82) is 0 Å². The lowest BCUT2D eigenvalue weighted by Gasteiger charge is -2.13. The van der Waals surface area contributed by atoms with Gasteiger partial charge in [-0.05, 0) is 37.1 Å². The minimum atomic E-state index is -3.64. The molecule has 0 bridgehead atoms. The molecule has 0 atom stereocenters. The first kappa shape index (κ1) is 13.4. The number of aromatic nitrogens is 2. The maximum Gasteiger partial charge on any atom is 0.262 e. The van der Waals surface area contributed by atoms with Crippen LogP contribution in [0.15, 0.2) is 29.4 Å². The first-order valence-corrected chi connectivity index (χ1v) is 7.09. The minimum Gasteiger partial charge on any atom is -0.497 e. The van der Waals surface area contributed by atoms with Crippen LogP contribution in [0.2, 0.25) is 0 Å². The lowest BCUT2D eigenvalue weighted by Crippen LogP contribution is -2.15. The Kier molecular flexibility index (Phi) is 3.48. The van der Waals surface area contributed by atoms with Gasteiger partial charge in [-0.25, -0.2) is 8.42 Å². The molecule has 1 aromatic carbocycles. The largest absolute Gasteiger partial charge is 0.497 e. The van der Waals surface area contributed by atoms with E-state index in [0.29, 0.717) is 22.6 Å². The van der Waals surface area contributed by atoms with E-state index in [0.717, 1.165) is 0 Å². The van der Waals surface area contributed by atoms with Crippen LogP contribution >= 0.6 is 0 Å². The molecule has 0 aliphatic carbocycles. The standard InChI is InChI=1S/C12H15N3O3S/c1-8-4-11(18-3)5-9(2)12(8)19(16,17)15-10-6-13-14-7-10/h4-7,15H,1-3H3,(H,13,14). The van der Waals surface area contributed by atoms with Crippen molar-refractivity contribution in [3.8, 4) is 5.75 Å². The van der Waals surface area contributed by atoms with Gasteiger partial charge in [-0.2, -0.15) is 5.10 Å². The average molecular weight is 281 g/mol. The summed E-state index contributed by atoms with van der Waals surface area (Å²) in [5.74, 6) is 0.636. The fraction of sp³-hybridized carbons (Fsp3) is 0.250. The normalized spacial score (nSPS) is 11.3. The van der Waals surface area contributed by atoms with E-state index in [1.54, 1.807) is 33.1 Å². The second kappa shape index (κ2) is 4.93. The summed E-state index contributed by atoms with van der Waals surface area (Å²) < 4.78 is 32.3. The highest BCUT2D eigenvalue weighted by Crippen LogP contribution is 2.27. The highest BCUT2D eigenvalue weighted by Gasteiger charge is 2.20. The number of hydrogen-bond acceptors (Lipinski definition) is 4. The van der Waals surface area contributed by atoms with Crippen molar-refractivity contribution in [1.82, 2.24) is 10.2 Å². The number of nitrogens with zero attached hydrogens (tertiary/aromatic N) is 1. The Morgan fingerprint density at radius 1 is 1.26 bits per heavy atom. The molecule has 2 N–H and O–H groups in total. The molecular weight excluding hydrogens is 266 g/mol. The van der Waals surface area contributed by atoms with Crippen molar-refractivity contribution in [2.24, 2.45) is 0 Å². The number of anilines is 1. The Morgan fingerprint density at radius 3 is 2.37 bits per heavy atom. The number of aryl methyl sites for hydroxylation is 2. The van der Waals surface area contributed by atoms with Gasteiger partial charge in [-0.15, -0.1) is 0 Å². The van der Waals surface area contributed by atoms with Crippen LogP contribution in [0, 0.1) is 13.8 Å². The van der Waals surface area contributed by atoms with E-state index in [4.69, 9.17) is 4.74 Å². The highest BCUT2D eigenvalue weighted by atomic mass is 32.2. The maximum absolute atomic E-state index is 12.3. The molecule has 102 valence electrons.